The van der Waals surface area contributed by atoms with E-state index < -0.39 is 51.1 Å². The Balaban J connectivity index is 1.66. The van der Waals surface area contributed by atoms with Crippen molar-refractivity contribution in [2.45, 2.75) is 24.8 Å². The standard InChI is InChI=1S/C21H22ClN3O9S/c1-12(2)20(24-35(30,31)14-4-6-17-18(10-14)33-8-7-32-17)21(27)34-11-19(26)23-15-5-3-13(22)9-16(15)25(28)29/h3-6,9-10,12,20,24H,7-8,11H2,1-2H3,(H,23,26)/t20-/m0/s1. The van der Waals surface area contributed by atoms with Crippen LogP contribution in [0.1, 0.15) is 13.8 Å². The first kappa shape index (κ1) is 26.2. The Morgan fingerprint density at radius 1 is 1.14 bits per heavy atom. The van der Waals surface area contributed by atoms with Crippen molar-refractivity contribution in [2.75, 3.05) is 25.1 Å². The van der Waals surface area contributed by atoms with Gasteiger partial charge in [0.25, 0.3) is 11.6 Å². The van der Waals surface area contributed by atoms with Gasteiger partial charge in [0.15, 0.2) is 18.1 Å². The zero-order chi connectivity index (χ0) is 25.8. The third kappa shape index (κ3) is 6.59. The third-order valence-electron chi connectivity index (χ3n) is 4.80. The monoisotopic (exact) mass is 527 g/mol. The molecule has 2 N–H and O–H groups in total. The zero-order valence-corrected chi connectivity index (χ0v) is 20.2. The number of fused-ring (bicyclic) bond motifs is 1. The Hall–Kier alpha value is -3.42. The van der Waals surface area contributed by atoms with E-state index >= 15 is 0 Å². The SMILES string of the molecule is CC(C)[C@H](NS(=O)(=O)c1ccc2c(c1)OCCO2)C(=O)OCC(=O)Nc1ccc(Cl)cc1[N+](=O)[O-]. The molecule has 2 aromatic carbocycles. The minimum absolute atomic E-state index is 0.103. The summed E-state index contributed by atoms with van der Waals surface area (Å²) in [5.74, 6) is -1.73. The molecule has 0 aromatic heterocycles. The predicted molar refractivity (Wildman–Crippen MR) is 124 cm³/mol. The van der Waals surface area contributed by atoms with Gasteiger partial charge in [-0.2, -0.15) is 4.72 Å². The molecule has 0 radical (unpaired) electrons. The number of nitrogens with zero attached hydrogens (tertiary/aromatic N) is 1. The summed E-state index contributed by atoms with van der Waals surface area (Å²) in [6.45, 7) is 3.00. The highest BCUT2D eigenvalue weighted by Crippen LogP contribution is 2.32. The van der Waals surface area contributed by atoms with Gasteiger partial charge in [-0.25, -0.2) is 8.42 Å². The summed E-state index contributed by atoms with van der Waals surface area (Å²) in [4.78, 5) is 35.1. The summed E-state index contributed by atoms with van der Waals surface area (Å²) in [7, 11) is -4.16. The molecule has 0 fully saturated rings. The minimum Gasteiger partial charge on any atom is -0.486 e. The van der Waals surface area contributed by atoms with Crippen LogP contribution >= 0.6 is 11.6 Å². The largest absolute Gasteiger partial charge is 0.486 e. The van der Waals surface area contributed by atoms with Crippen LogP contribution in [0.2, 0.25) is 5.02 Å². The van der Waals surface area contributed by atoms with Crippen molar-refractivity contribution in [2.24, 2.45) is 5.92 Å². The number of sulfonamides is 1. The van der Waals surface area contributed by atoms with Crippen LogP contribution in [0, 0.1) is 16.0 Å². The van der Waals surface area contributed by atoms with E-state index in [0.29, 0.717) is 12.4 Å². The van der Waals surface area contributed by atoms with Crippen molar-refractivity contribution in [3.8, 4) is 11.5 Å². The highest BCUT2D eigenvalue weighted by Gasteiger charge is 2.31. The summed E-state index contributed by atoms with van der Waals surface area (Å²) >= 11 is 5.74. The Morgan fingerprint density at radius 3 is 2.49 bits per heavy atom. The van der Waals surface area contributed by atoms with E-state index in [9.17, 15) is 28.1 Å². The van der Waals surface area contributed by atoms with Gasteiger partial charge in [0.1, 0.15) is 24.9 Å². The molecule has 0 aliphatic carbocycles. The van der Waals surface area contributed by atoms with Gasteiger partial charge >= 0.3 is 5.97 Å². The maximum atomic E-state index is 12.9. The van der Waals surface area contributed by atoms with Crippen LogP contribution in [0.3, 0.4) is 0 Å². The molecule has 12 nitrogen and oxygen atoms in total. The number of hydrogen-bond acceptors (Lipinski definition) is 9. The maximum absolute atomic E-state index is 12.9. The summed E-state index contributed by atoms with van der Waals surface area (Å²) in [6.07, 6.45) is 0. The Kier molecular flexibility index (Phi) is 8.14. The number of carbonyl (C=O) groups is 2. The second-order valence-electron chi connectivity index (χ2n) is 7.72. The van der Waals surface area contributed by atoms with Gasteiger partial charge in [-0.3, -0.25) is 19.7 Å². The number of ether oxygens (including phenoxy) is 3. The lowest BCUT2D eigenvalue weighted by Crippen LogP contribution is -2.45. The van der Waals surface area contributed by atoms with Crippen LogP contribution in [-0.2, 0) is 24.3 Å². The first-order chi connectivity index (χ1) is 16.5. The fraction of sp³-hybridized carbons (Fsp3) is 0.333. The fourth-order valence-electron chi connectivity index (χ4n) is 3.06. The average molecular weight is 528 g/mol. The molecule has 0 unspecified atom stereocenters. The molecule has 2 aromatic rings. The van der Waals surface area contributed by atoms with Gasteiger partial charge in [-0.05, 0) is 30.2 Å². The molecule has 188 valence electrons. The molecule has 1 heterocycles. The first-order valence-corrected chi connectivity index (χ1v) is 12.2. The predicted octanol–water partition coefficient (Wildman–Crippen LogP) is 2.50. The van der Waals surface area contributed by atoms with Crippen LogP contribution in [-0.4, -0.2) is 51.1 Å². The van der Waals surface area contributed by atoms with Crippen LogP contribution in [0.4, 0.5) is 11.4 Å². The lowest BCUT2D eigenvalue weighted by atomic mass is 10.1. The molecule has 14 heteroatoms. The minimum atomic E-state index is -4.16. The van der Waals surface area contributed by atoms with Crippen molar-refractivity contribution in [3.05, 3.63) is 51.5 Å². The van der Waals surface area contributed by atoms with E-state index in [4.69, 9.17) is 25.8 Å². The van der Waals surface area contributed by atoms with E-state index in [1.165, 1.54) is 30.3 Å². The van der Waals surface area contributed by atoms with Crippen molar-refractivity contribution in [1.29, 1.82) is 0 Å². The summed E-state index contributed by atoms with van der Waals surface area (Å²) in [6, 6.07) is 6.37. The number of amides is 1. The molecule has 0 saturated heterocycles. The normalized spacial score (nSPS) is 13.7. The van der Waals surface area contributed by atoms with Crippen LogP contribution < -0.4 is 19.5 Å². The maximum Gasteiger partial charge on any atom is 0.324 e. The number of rotatable bonds is 9. The van der Waals surface area contributed by atoms with Gasteiger partial charge in [0, 0.05) is 17.2 Å². The number of esters is 1. The van der Waals surface area contributed by atoms with Crippen molar-refractivity contribution in [1.82, 2.24) is 4.72 Å². The number of nitrogens with one attached hydrogen (secondary N) is 2. The molecule has 1 atom stereocenters. The number of nitro benzene ring substituents is 1. The quantitative estimate of drug-likeness (QED) is 0.283. The van der Waals surface area contributed by atoms with Gasteiger partial charge < -0.3 is 19.5 Å². The summed E-state index contributed by atoms with van der Waals surface area (Å²) in [5, 5.41) is 13.5. The number of nitro groups is 1. The van der Waals surface area contributed by atoms with E-state index in [2.05, 4.69) is 10.0 Å². The fourth-order valence-corrected chi connectivity index (χ4v) is 4.57. The summed E-state index contributed by atoms with van der Waals surface area (Å²) in [5.41, 5.74) is -0.579. The van der Waals surface area contributed by atoms with Crippen molar-refractivity contribution < 1.29 is 37.1 Å². The number of benzene rings is 2. The molecule has 0 spiro atoms. The van der Waals surface area contributed by atoms with Crippen LogP contribution in [0.5, 0.6) is 11.5 Å². The van der Waals surface area contributed by atoms with E-state index in [0.717, 1.165) is 6.07 Å². The van der Waals surface area contributed by atoms with Gasteiger partial charge in [0.05, 0.1) is 9.82 Å². The lowest BCUT2D eigenvalue weighted by molar-refractivity contribution is -0.383. The highest BCUT2D eigenvalue weighted by molar-refractivity contribution is 7.89. The van der Waals surface area contributed by atoms with E-state index in [-0.39, 0.29) is 28.0 Å². The Bertz CT molecular complexity index is 1250. The molecule has 1 aliphatic rings. The number of carbonyl (C=O) groups excluding carboxylic acids is 2. The molecule has 35 heavy (non-hydrogen) atoms. The van der Waals surface area contributed by atoms with E-state index in [1.54, 1.807) is 13.8 Å². The smallest absolute Gasteiger partial charge is 0.324 e. The van der Waals surface area contributed by atoms with Gasteiger partial charge in [0.2, 0.25) is 10.0 Å². The Labute approximate surface area is 205 Å². The third-order valence-corrected chi connectivity index (χ3v) is 6.48. The van der Waals surface area contributed by atoms with Crippen LogP contribution in [0.15, 0.2) is 41.3 Å². The average Bonchev–Trinajstić information content (AvgIpc) is 2.81. The van der Waals surface area contributed by atoms with Gasteiger partial charge in [-0.15, -0.1) is 0 Å². The second-order valence-corrected chi connectivity index (χ2v) is 9.87. The first-order valence-electron chi connectivity index (χ1n) is 10.3. The van der Waals surface area contributed by atoms with E-state index in [1.807, 2.05) is 0 Å². The molecular weight excluding hydrogens is 506 g/mol. The molecule has 0 bridgehead atoms. The number of hydrogen-bond donors (Lipinski definition) is 2. The Morgan fingerprint density at radius 2 is 1.83 bits per heavy atom. The summed E-state index contributed by atoms with van der Waals surface area (Å²) < 4.78 is 43.8. The van der Waals surface area contributed by atoms with Crippen molar-refractivity contribution >= 4 is 44.9 Å². The highest BCUT2D eigenvalue weighted by atomic mass is 35.5. The molecule has 1 aliphatic heterocycles. The molecule has 0 saturated carbocycles. The second kappa shape index (κ2) is 10.9. The number of halogens is 1. The molecule has 3 rings (SSSR count). The molecule has 1 amide bonds. The number of anilines is 1. The zero-order valence-electron chi connectivity index (χ0n) is 18.6. The lowest BCUT2D eigenvalue weighted by Gasteiger charge is -2.22. The van der Waals surface area contributed by atoms with Crippen molar-refractivity contribution in [3.63, 3.8) is 0 Å². The topological polar surface area (TPSA) is 163 Å². The van der Waals surface area contributed by atoms with Gasteiger partial charge in [-0.1, -0.05) is 25.4 Å². The van der Waals surface area contributed by atoms with Crippen LogP contribution in [0.25, 0.3) is 0 Å². The molecular formula is C21H22ClN3O9S.